The molecule has 0 bridgehead atoms. The van der Waals surface area contributed by atoms with Gasteiger partial charge in [-0.05, 0) is 66.5 Å². The standard InChI is InChI=1S/C22H28BNO5/c1-5-15(18-9-19(27-3)12-20(10-18)28-4)8-14(2)24-22(25)16-6-7-17-13-29-23(26)21(17)11-16/h6-7,9-12,14-15,26H,5,8,13H2,1-4H3,(H,24,25). The van der Waals surface area contributed by atoms with Crippen molar-refractivity contribution in [2.45, 2.75) is 45.3 Å². The van der Waals surface area contributed by atoms with E-state index in [0.29, 0.717) is 17.6 Å². The molecule has 0 aliphatic carbocycles. The quantitative estimate of drug-likeness (QED) is 0.670. The molecule has 2 aromatic carbocycles. The van der Waals surface area contributed by atoms with E-state index in [1.54, 1.807) is 26.4 Å². The molecular formula is C22H28BNO5. The Morgan fingerprint density at radius 2 is 1.90 bits per heavy atom. The summed E-state index contributed by atoms with van der Waals surface area (Å²) >= 11 is 0. The third-order valence-corrected chi connectivity index (χ3v) is 5.42. The largest absolute Gasteiger partial charge is 0.497 e. The van der Waals surface area contributed by atoms with Crippen LogP contribution < -0.4 is 20.3 Å². The van der Waals surface area contributed by atoms with E-state index >= 15 is 0 Å². The number of amides is 1. The Labute approximate surface area is 172 Å². The first kappa shape index (κ1) is 21.2. The van der Waals surface area contributed by atoms with E-state index in [4.69, 9.17) is 14.1 Å². The fourth-order valence-corrected chi connectivity index (χ4v) is 3.75. The predicted molar refractivity (Wildman–Crippen MR) is 113 cm³/mol. The third kappa shape index (κ3) is 4.92. The molecule has 0 saturated carbocycles. The number of fused-ring (bicyclic) bond motifs is 1. The van der Waals surface area contributed by atoms with Crippen LogP contribution in [0.15, 0.2) is 36.4 Å². The van der Waals surface area contributed by atoms with Gasteiger partial charge in [0, 0.05) is 17.7 Å². The van der Waals surface area contributed by atoms with Gasteiger partial charge in [-0.2, -0.15) is 0 Å². The maximum absolute atomic E-state index is 12.7. The number of carbonyl (C=O) groups is 1. The minimum absolute atomic E-state index is 0.0286. The summed E-state index contributed by atoms with van der Waals surface area (Å²) in [4.78, 5) is 12.7. The Kier molecular flexibility index (Phi) is 6.82. The Hall–Kier alpha value is -2.51. The lowest BCUT2D eigenvalue weighted by Gasteiger charge is -2.22. The second-order valence-electron chi connectivity index (χ2n) is 7.44. The van der Waals surface area contributed by atoms with Crippen molar-refractivity contribution < 1.29 is 23.9 Å². The SMILES string of the molecule is CCC(CC(C)NC(=O)c1ccc2c(c1)B(O)OC2)c1cc(OC)cc(OC)c1. The second kappa shape index (κ2) is 9.33. The van der Waals surface area contributed by atoms with Crippen molar-refractivity contribution in [3.8, 4) is 11.5 Å². The molecule has 7 heteroatoms. The van der Waals surface area contributed by atoms with Crippen LogP contribution in [0.3, 0.4) is 0 Å². The highest BCUT2D eigenvalue weighted by atomic mass is 16.5. The number of hydrogen-bond donors (Lipinski definition) is 2. The molecule has 2 unspecified atom stereocenters. The molecule has 1 aliphatic rings. The molecule has 3 rings (SSSR count). The lowest BCUT2D eigenvalue weighted by atomic mass is 9.78. The highest BCUT2D eigenvalue weighted by Crippen LogP contribution is 2.31. The summed E-state index contributed by atoms with van der Waals surface area (Å²) in [7, 11) is 2.32. The highest BCUT2D eigenvalue weighted by Gasteiger charge is 2.28. The van der Waals surface area contributed by atoms with Gasteiger partial charge >= 0.3 is 7.12 Å². The molecule has 0 fully saturated rings. The average Bonchev–Trinajstić information content (AvgIpc) is 3.11. The fourth-order valence-electron chi connectivity index (χ4n) is 3.75. The molecule has 1 heterocycles. The Morgan fingerprint density at radius 3 is 2.52 bits per heavy atom. The maximum Gasteiger partial charge on any atom is 0.491 e. The molecule has 29 heavy (non-hydrogen) atoms. The van der Waals surface area contributed by atoms with Gasteiger partial charge in [-0.15, -0.1) is 0 Å². The third-order valence-electron chi connectivity index (χ3n) is 5.42. The van der Waals surface area contributed by atoms with Gasteiger partial charge in [-0.25, -0.2) is 0 Å². The van der Waals surface area contributed by atoms with Crippen molar-refractivity contribution in [1.29, 1.82) is 0 Å². The molecule has 1 aliphatic heterocycles. The Morgan fingerprint density at radius 1 is 1.21 bits per heavy atom. The number of nitrogens with one attached hydrogen (secondary N) is 1. The topological polar surface area (TPSA) is 77.0 Å². The van der Waals surface area contributed by atoms with Crippen molar-refractivity contribution in [2.75, 3.05) is 14.2 Å². The van der Waals surface area contributed by atoms with Crippen molar-refractivity contribution in [3.63, 3.8) is 0 Å². The van der Waals surface area contributed by atoms with E-state index in [1.807, 2.05) is 31.2 Å². The summed E-state index contributed by atoms with van der Waals surface area (Å²) in [5, 5.41) is 12.9. The van der Waals surface area contributed by atoms with Crippen molar-refractivity contribution >= 4 is 18.5 Å². The summed E-state index contributed by atoms with van der Waals surface area (Å²) in [5.74, 6) is 1.61. The van der Waals surface area contributed by atoms with E-state index in [0.717, 1.165) is 35.5 Å². The van der Waals surface area contributed by atoms with E-state index in [2.05, 4.69) is 12.2 Å². The van der Waals surface area contributed by atoms with Gasteiger partial charge in [-0.3, -0.25) is 4.79 Å². The van der Waals surface area contributed by atoms with Gasteiger partial charge in [0.1, 0.15) is 11.5 Å². The van der Waals surface area contributed by atoms with Crippen molar-refractivity contribution in [3.05, 3.63) is 53.1 Å². The predicted octanol–water partition coefficient (Wildman–Crippen LogP) is 2.62. The Bertz CT molecular complexity index is 850. The second-order valence-corrected chi connectivity index (χ2v) is 7.44. The number of methoxy groups -OCH3 is 2. The van der Waals surface area contributed by atoms with Gasteiger partial charge in [0.2, 0.25) is 0 Å². The zero-order chi connectivity index (χ0) is 21.0. The summed E-state index contributed by atoms with van der Waals surface area (Å²) < 4.78 is 16.0. The number of rotatable bonds is 8. The van der Waals surface area contributed by atoms with Gasteiger partial charge < -0.3 is 24.5 Å². The minimum Gasteiger partial charge on any atom is -0.497 e. The van der Waals surface area contributed by atoms with Gasteiger partial charge in [0.15, 0.2) is 0 Å². The lowest BCUT2D eigenvalue weighted by Crippen LogP contribution is -2.35. The van der Waals surface area contributed by atoms with Gasteiger partial charge in [0.05, 0.1) is 20.8 Å². The van der Waals surface area contributed by atoms with Crippen LogP contribution in [0.2, 0.25) is 0 Å². The first-order chi connectivity index (χ1) is 13.9. The summed E-state index contributed by atoms with van der Waals surface area (Å²) in [5.41, 5.74) is 3.24. The summed E-state index contributed by atoms with van der Waals surface area (Å²) in [6.07, 6.45) is 1.72. The van der Waals surface area contributed by atoms with E-state index in [9.17, 15) is 9.82 Å². The highest BCUT2D eigenvalue weighted by molar-refractivity contribution is 6.61. The molecule has 2 aromatic rings. The zero-order valence-electron chi connectivity index (χ0n) is 17.4. The maximum atomic E-state index is 12.7. The van der Waals surface area contributed by atoms with Gasteiger partial charge in [0.25, 0.3) is 5.91 Å². The molecule has 2 N–H and O–H groups in total. The molecule has 0 aromatic heterocycles. The van der Waals surface area contributed by atoms with Crippen LogP contribution in [0.4, 0.5) is 0 Å². The molecule has 2 atom stereocenters. The smallest absolute Gasteiger partial charge is 0.491 e. The molecule has 6 nitrogen and oxygen atoms in total. The molecule has 1 amide bonds. The van der Waals surface area contributed by atoms with Crippen LogP contribution in [0.5, 0.6) is 11.5 Å². The lowest BCUT2D eigenvalue weighted by molar-refractivity contribution is 0.0937. The summed E-state index contributed by atoms with van der Waals surface area (Å²) in [6, 6.07) is 11.2. The van der Waals surface area contributed by atoms with Crippen molar-refractivity contribution in [2.24, 2.45) is 0 Å². The molecule has 0 spiro atoms. The molecule has 0 saturated heterocycles. The average molecular weight is 397 g/mol. The number of benzene rings is 2. The van der Waals surface area contributed by atoms with E-state index in [1.165, 1.54) is 0 Å². The van der Waals surface area contributed by atoms with Crippen LogP contribution in [0, 0.1) is 0 Å². The normalized spacial score (nSPS) is 14.9. The monoisotopic (exact) mass is 397 g/mol. The van der Waals surface area contributed by atoms with Crippen LogP contribution in [0.1, 0.15) is 54.1 Å². The van der Waals surface area contributed by atoms with E-state index < -0.39 is 7.12 Å². The first-order valence-corrected chi connectivity index (χ1v) is 9.91. The van der Waals surface area contributed by atoms with Gasteiger partial charge in [-0.1, -0.05) is 13.0 Å². The van der Waals surface area contributed by atoms with Crippen LogP contribution in [-0.2, 0) is 11.3 Å². The number of ether oxygens (including phenoxy) is 2. The molecular weight excluding hydrogens is 369 g/mol. The molecule has 0 radical (unpaired) electrons. The zero-order valence-corrected chi connectivity index (χ0v) is 17.4. The van der Waals surface area contributed by atoms with Crippen LogP contribution in [0.25, 0.3) is 0 Å². The van der Waals surface area contributed by atoms with Crippen LogP contribution >= 0.6 is 0 Å². The number of carbonyl (C=O) groups excluding carboxylic acids is 1. The number of hydrogen-bond acceptors (Lipinski definition) is 5. The molecule has 154 valence electrons. The summed E-state index contributed by atoms with van der Waals surface area (Å²) in [6.45, 7) is 4.51. The Balaban J connectivity index is 1.68. The van der Waals surface area contributed by atoms with E-state index in [-0.39, 0.29) is 17.9 Å². The first-order valence-electron chi connectivity index (χ1n) is 9.91. The van der Waals surface area contributed by atoms with Crippen LogP contribution in [-0.4, -0.2) is 38.3 Å². The minimum atomic E-state index is -0.956. The fraction of sp³-hybridized carbons (Fsp3) is 0.409. The van der Waals surface area contributed by atoms with Crippen molar-refractivity contribution in [1.82, 2.24) is 5.32 Å².